The molecule has 0 radical (unpaired) electrons. The average molecular weight is 273 g/mol. The first kappa shape index (κ1) is 15.6. The predicted octanol–water partition coefficient (Wildman–Crippen LogP) is 5.06. The third kappa shape index (κ3) is 4.63. The molecule has 0 aliphatic heterocycles. The Morgan fingerprint density at radius 3 is 2.65 bits per heavy atom. The molecule has 0 amide bonds. The van der Waals surface area contributed by atoms with Gasteiger partial charge in [-0.2, -0.15) is 0 Å². The van der Waals surface area contributed by atoms with E-state index < -0.39 is 0 Å². The Bertz CT molecular complexity index is 381. The van der Waals surface area contributed by atoms with Crippen LogP contribution in [0.1, 0.15) is 75.8 Å². The normalized spacial score (nSPS) is 16.9. The molecule has 1 atom stereocenters. The summed E-state index contributed by atoms with van der Waals surface area (Å²) < 4.78 is 0. The lowest BCUT2D eigenvalue weighted by atomic mass is 9.79. The van der Waals surface area contributed by atoms with Crippen LogP contribution in [0.15, 0.2) is 24.3 Å². The number of nitrogens with one attached hydrogen (secondary N) is 1. The molecule has 0 saturated heterocycles. The molecule has 0 spiro atoms. The van der Waals surface area contributed by atoms with Crippen molar-refractivity contribution in [2.24, 2.45) is 0 Å². The molecule has 1 aliphatic rings. The second-order valence-electron chi connectivity index (χ2n) is 6.35. The molecule has 1 fully saturated rings. The molecule has 1 N–H and O–H groups in total. The summed E-state index contributed by atoms with van der Waals surface area (Å²) in [6.07, 6.45) is 10.6. The highest BCUT2D eigenvalue weighted by molar-refractivity contribution is 5.27. The second-order valence-corrected chi connectivity index (χ2v) is 6.35. The summed E-state index contributed by atoms with van der Waals surface area (Å²) >= 11 is 0. The number of hydrogen-bond donors (Lipinski definition) is 1. The van der Waals surface area contributed by atoms with Crippen molar-refractivity contribution in [3.05, 3.63) is 35.4 Å². The van der Waals surface area contributed by atoms with Crippen molar-refractivity contribution < 1.29 is 0 Å². The van der Waals surface area contributed by atoms with Crippen molar-refractivity contribution in [1.82, 2.24) is 5.32 Å². The van der Waals surface area contributed by atoms with E-state index in [2.05, 4.69) is 43.4 Å². The molecule has 1 aliphatic carbocycles. The second kappa shape index (κ2) is 8.46. The van der Waals surface area contributed by atoms with Crippen LogP contribution in [0.5, 0.6) is 0 Å². The van der Waals surface area contributed by atoms with Crippen molar-refractivity contribution in [3.63, 3.8) is 0 Å². The SMILES string of the molecule is CCCNC(CCC)CCc1cccc(C2CCC2)c1. The van der Waals surface area contributed by atoms with Crippen LogP contribution < -0.4 is 5.32 Å². The van der Waals surface area contributed by atoms with Gasteiger partial charge in [-0.3, -0.25) is 0 Å². The van der Waals surface area contributed by atoms with Crippen molar-refractivity contribution in [2.45, 2.75) is 77.2 Å². The van der Waals surface area contributed by atoms with Crippen molar-refractivity contribution in [3.8, 4) is 0 Å². The van der Waals surface area contributed by atoms with E-state index in [-0.39, 0.29) is 0 Å². The largest absolute Gasteiger partial charge is 0.314 e. The third-order valence-corrected chi connectivity index (χ3v) is 4.63. The van der Waals surface area contributed by atoms with E-state index in [1.54, 1.807) is 5.56 Å². The standard InChI is InChI=1S/C19H31N/c1-3-7-19(20-14-4-2)13-12-16-8-5-11-18(15-16)17-9-6-10-17/h5,8,11,15,17,19-20H,3-4,6-7,9-10,12-14H2,1-2H3. The molecule has 1 aromatic carbocycles. The first-order valence-electron chi connectivity index (χ1n) is 8.65. The zero-order chi connectivity index (χ0) is 14.2. The maximum atomic E-state index is 3.70. The lowest BCUT2D eigenvalue weighted by Crippen LogP contribution is -2.30. The monoisotopic (exact) mass is 273 g/mol. The number of aryl methyl sites for hydroxylation is 1. The Morgan fingerprint density at radius 2 is 2.00 bits per heavy atom. The van der Waals surface area contributed by atoms with E-state index in [0.29, 0.717) is 6.04 Å². The lowest BCUT2D eigenvalue weighted by Gasteiger charge is -2.26. The van der Waals surface area contributed by atoms with Gasteiger partial charge in [-0.05, 0) is 62.1 Å². The Hall–Kier alpha value is -0.820. The summed E-state index contributed by atoms with van der Waals surface area (Å²) in [5, 5.41) is 3.70. The highest BCUT2D eigenvalue weighted by Gasteiger charge is 2.19. The molecule has 1 aromatic rings. The van der Waals surface area contributed by atoms with E-state index in [0.717, 1.165) is 12.5 Å². The van der Waals surface area contributed by atoms with Gasteiger partial charge in [0.2, 0.25) is 0 Å². The minimum Gasteiger partial charge on any atom is -0.314 e. The van der Waals surface area contributed by atoms with Crippen LogP contribution in [-0.4, -0.2) is 12.6 Å². The predicted molar refractivity (Wildman–Crippen MR) is 88.3 cm³/mol. The molecule has 112 valence electrons. The minimum atomic E-state index is 0.701. The number of benzene rings is 1. The molecule has 20 heavy (non-hydrogen) atoms. The quantitative estimate of drug-likeness (QED) is 0.663. The van der Waals surface area contributed by atoms with Gasteiger partial charge < -0.3 is 5.32 Å². The van der Waals surface area contributed by atoms with E-state index in [9.17, 15) is 0 Å². The Morgan fingerprint density at radius 1 is 1.15 bits per heavy atom. The zero-order valence-electron chi connectivity index (χ0n) is 13.3. The zero-order valence-corrected chi connectivity index (χ0v) is 13.3. The molecular weight excluding hydrogens is 242 g/mol. The van der Waals surface area contributed by atoms with E-state index in [1.807, 2.05) is 0 Å². The van der Waals surface area contributed by atoms with Crippen molar-refractivity contribution in [2.75, 3.05) is 6.54 Å². The maximum absolute atomic E-state index is 3.70. The molecule has 2 rings (SSSR count). The maximum Gasteiger partial charge on any atom is 0.00701 e. The molecule has 1 saturated carbocycles. The van der Waals surface area contributed by atoms with Crippen molar-refractivity contribution >= 4 is 0 Å². The third-order valence-electron chi connectivity index (χ3n) is 4.63. The topological polar surface area (TPSA) is 12.0 Å². The average Bonchev–Trinajstić information content (AvgIpc) is 2.40. The fourth-order valence-corrected chi connectivity index (χ4v) is 3.13. The summed E-state index contributed by atoms with van der Waals surface area (Å²) in [4.78, 5) is 0. The van der Waals surface area contributed by atoms with Gasteiger partial charge in [-0.1, -0.05) is 51.0 Å². The molecule has 1 heteroatoms. The van der Waals surface area contributed by atoms with Gasteiger partial charge in [-0.25, -0.2) is 0 Å². The lowest BCUT2D eigenvalue weighted by molar-refractivity contribution is 0.419. The number of hydrogen-bond acceptors (Lipinski definition) is 1. The van der Waals surface area contributed by atoms with Crippen LogP contribution in [0, 0.1) is 0 Å². The van der Waals surface area contributed by atoms with Gasteiger partial charge in [-0.15, -0.1) is 0 Å². The van der Waals surface area contributed by atoms with Crippen LogP contribution in [0.25, 0.3) is 0 Å². The summed E-state index contributed by atoms with van der Waals surface area (Å²) in [6, 6.07) is 10.1. The van der Waals surface area contributed by atoms with Crippen LogP contribution in [0.2, 0.25) is 0 Å². The van der Waals surface area contributed by atoms with Crippen molar-refractivity contribution in [1.29, 1.82) is 0 Å². The van der Waals surface area contributed by atoms with Gasteiger partial charge in [0.25, 0.3) is 0 Å². The Labute approximate surface area is 125 Å². The van der Waals surface area contributed by atoms with Gasteiger partial charge in [0.1, 0.15) is 0 Å². The van der Waals surface area contributed by atoms with E-state index in [4.69, 9.17) is 0 Å². The van der Waals surface area contributed by atoms with Gasteiger partial charge >= 0.3 is 0 Å². The molecule has 0 bridgehead atoms. The summed E-state index contributed by atoms with van der Waals surface area (Å²) in [6.45, 7) is 5.70. The molecule has 0 aromatic heterocycles. The molecule has 1 nitrogen and oxygen atoms in total. The van der Waals surface area contributed by atoms with E-state index in [1.165, 1.54) is 56.9 Å². The Balaban J connectivity index is 1.84. The molecular formula is C19H31N. The summed E-state index contributed by atoms with van der Waals surface area (Å²) in [7, 11) is 0. The van der Waals surface area contributed by atoms with Gasteiger partial charge in [0.15, 0.2) is 0 Å². The fourth-order valence-electron chi connectivity index (χ4n) is 3.13. The Kier molecular flexibility index (Phi) is 6.59. The first-order chi connectivity index (χ1) is 9.83. The van der Waals surface area contributed by atoms with Crippen LogP contribution in [0.4, 0.5) is 0 Å². The van der Waals surface area contributed by atoms with Gasteiger partial charge in [0.05, 0.1) is 0 Å². The molecule has 0 heterocycles. The van der Waals surface area contributed by atoms with Gasteiger partial charge in [0, 0.05) is 6.04 Å². The first-order valence-corrected chi connectivity index (χ1v) is 8.65. The van der Waals surface area contributed by atoms with Crippen LogP contribution in [-0.2, 0) is 6.42 Å². The molecule has 1 unspecified atom stereocenters. The fraction of sp³-hybridized carbons (Fsp3) is 0.684. The smallest absolute Gasteiger partial charge is 0.00701 e. The minimum absolute atomic E-state index is 0.701. The summed E-state index contributed by atoms with van der Waals surface area (Å²) in [5.41, 5.74) is 3.12. The van der Waals surface area contributed by atoms with Crippen LogP contribution in [0.3, 0.4) is 0 Å². The number of rotatable bonds is 9. The highest BCUT2D eigenvalue weighted by atomic mass is 14.9. The van der Waals surface area contributed by atoms with E-state index >= 15 is 0 Å². The summed E-state index contributed by atoms with van der Waals surface area (Å²) in [5.74, 6) is 0.861. The highest BCUT2D eigenvalue weighted by Crippen LogP contribution is 2.36. The van der Waals surface area contributed by atoms with Crippen LogP contribution >= 0.6 is 0 Å².